The third-order valence-electron chi connectivity index (χ3n) is 4.50. The Bertz CT molecular complexity index is 557. The van der Waals surface area contributed by atoms with Gasteiger partial charge in [-0.15, -0.1) is 0 Å². The van der Waals surface area contributed by atoms with E-state index in [-0.39, 0.29) is 11.3 Å². The van der Waals surface area contributed by atoms with E-state index in [0.717, 1.165) is 30.4 Å². The Balaban J connectivity index is 1.84. The van der Waals surface area contributed by atoms with Crippen molar-refractivity contribution in [3.63, 3.8) is 0 Å². The lowest BCUT2D eigenvalue weighted by Gasteiger charge is -2.23. The summed E-state index contributed by atoms with van der Waals surface area (Å²) in [5.41, 5.74) is -0.334. The van der Waals surface area contributed by atoms with Crippen LogP contribution in [0.5, 0.6) is 0 Å². The normalized spacial score (nSPS) is 25.0. The first kappa shape index (κ1) is 14.1. The number of nitrogens with one attached hydrogen (secondary N) is 2. The van der Waals surface area contributed by atoms with Crippen LogP contribution in [0.2, 0.25) is 0 Å². The van der Waals surface area contributed by atoms with Gasteiger partial charge in [0.15, 0.2) is 0 Å². The van der Waals surface area contributed by atoms with Gasteiger partial charge in [-0.05, 0) is 26.2 Å². The van der Waals surface area contributed by atoms with Gasteiger partial charge in [0.05, 0.1) is 5.41 Å². The first-order valence-corrected chi connectivity index (χ1v) is 7.59. The van der Waals surface area contributed by atoms with Gasteiger partial charge in [0.25, 0.3) is 0 Å². The summed E-state index contributed by atoms with van der Waals surface area (Å²) < 4.78 is 0. The zero-order valence-corrected chi connectivity index (χ0v) is 12.9. The minimum atomic E-state index is -0.334. The molecule has 1 saturated carbocycles. The molecule has 2 fully saturated rings. The molecular formula is C15H23N5O. The van der Waals surface area contributed by atoms with Crippen LogP contribution in [0, 0.1) is 5.41 Å². The molecule has 2 N–H and O–H groups in total. The number of hydrogen-bond acceptors (Lipinski definition) is 5. The average Bonchev–Trinajstić information content (AvgIpc) is 3.28. The van der Waals surface area contributed by atoms with Crippen molar-refractivity contribution in [2.75, 3.05) is 37.4 Å². The van der Waals surface area contributed by atoms with E-state index in [4.69, 9.17) is 4.98 Å². The van der Waals surface area contributed by atoms with E-state index in [1.54, 1.807) is 7.05 Å². The maximum absolute atomic E-state index is 12.0. The Morgan fingerprint density at radius 2 is 2.14 bits per heavy atom. The molecule has 0 spiro atoms. The predicted molar refractivity (Wildman–Crippen MR) is 82.6 cm³/mol. The van der Waals surface area contributed by atoms with E-state index in [9.17, 15) is 4.79 Å². The monoisotopic (exact) mass is 289 g/mol. The van der Waals surface area contributed by atoms with Gasteiger partial charge in [-0.3, -0.25) is 4.79 Å². The molecule has 1 aliphatic heterocycles. The second-order valence-electron chi connectivity index (χ2n) is 6.31. The molecular weight excluding hydrogens is 266 g/mol. The predicted octanol–water partition coefficient (Wildman–Crippen LogP) is 1.36. The molecule has 1 saturated heterocycles. The van der Waals surface area contributed by atoms with Crippen LogP contribution in [0.15, 0.2) is 6.07 Å². The van der Waals surface area contributed by atoms with Crippen LogP contribution >= 0.6 is 0 Å². The summed E-state index contributed by atoms with van der Waals surface area (Å²) in [6.45, 7) is 3.58. The highest BCUT2D eigenvalue weighted by molar-refractivity contribution is 5.83. The summed E-state index contributed by atoms with van der Waals surface area (Å²) >= 11 is 0. The summed E-state index contributed by atoms with van der Waals surface area (Å²) in [6.07, 6.45) is 3.22. The molecule has 6 nitrogen and oxygen atoms in total. The third-order valence-corrected chi connectivity index (χ3v) is 4.50. The fourth-order valence-electron chi connectivity index (χ4n) is 2.91. The van der Waals surface area contributed by atoms with Crippen LogP contribution in [0.25, 0.3) is 0 Å². The molecule has 1 aromatic rings. The van der Waals surface area contributed by atoms with Crippen LogP contribution in [0.1, 0.15) is 37.9 Å². The molecule has 21 heavy (non-hydrogen) atoms. The van der Waals surface area contributed by atoms with Crippen molar-refractivity contribution < 1.29 is 4.79 Å². The molecule has 0 radical (unpaired) electrons. The summed E-state index contributed by atoms with van der Waals surface area (Å²) in [7, 11) is 3.58. The van der Waals surface area contributed by atoms with Gasteiger partial charge in [-0.2, -0.15) is 0 Å². The Labute approximate surface area is 125 Å². The second-order valence-corrected chi connectivity index (χ2v) is 6.31. The van der Waals surface area contributed by atoms with Crippen molar-refractivity contribution in [3.8, 4) is 0 Å². The van der Waals surface area contributed by atoms with Gasteiger partial charge in [-0.25, -0.2) is 9.97 Å². The maximum Gasteiger partial charge on any atom is 0.227 e. The lowest BCUT2D eigenvalue weighted by Crippen LogP contribution is -2.39. The van der Waals surface area contributed by atoms with Crippen LogP contribution in [0.4, 0.5) is 11.6 Å². The van der Waals surface area contributed by atoms with Crippen molar-refractivity contribution in [2.24, 2.45) is 5.41 Å². The van der Waals surface area contributed by atoms with E-state index in [1.807, 2.05) is 20.0 Å². The fraction of sp³-hybridized carbons (Fsp3) is 0.667. The maximum atomic E-state index is 12.0. The molecule has 1 aliphatic carbocycles. The quantitative estimate of drug-likeness (QED) is 0.876. The molecule has 2 aliphatic rings. The minimum Gasteiger partial charge on any atom is -0.373 e. The molecule has 1 atom stereocenters. The Kier molecular flexibility index (Phi) is 3.47. The summed E-state index contributed by atoms with van der Waals surface area (Å²) in [5.74, 6) is 3.35. The summed E-state index contributed by atoms with van der Waals surface area (Å²) in [6, 6.07) is 1.97. The third kappa shape index (κ3) is 2.66. The molecule has 1 unspecified atom stereocenters. The number of amides is 1. The number of carbonyl (C=O) groups excluding carboxylic acids is 1. The van der Waals surface area contributed by atoms with Gasteiger partial charge < -0.3 is 15.5 Å². The smallest absolute Gasteiger partial charge is 0.227 e. The van der Waals surface area contributed by atoms with Gasteiger partial charge in [0.2, 0.25) is 5.91 Å². The van der Waals surface area contributed by atoms with Crippen molar-refractivity contribution in [3.05, 3.63) is 11.9 Å². The van der Waals surface area contributed by atoms with Crippen molar-refractivity contribution in [2.45, 2.75) is 32.1 Å². The summed E-state index contributed by atoms with van der Waals surface area (Å²) in [5, 5.41) is 5.88. The molecule has 2 heterocycles. The standard InChI is InChI=1S/C15H23N5O/c1-15(14(21)17-3)6-7-20(9-15)12-8-11(16-2)18-13(19-12)10-4-5-10/h8,10H,4-7,9H2,1-3H3,(H,17,21)(H,16,18,19). The van der Waals surface area contributed by atoms with Crippen LogP contribution < -0.4 is 15.5 Å². The van der Waals surface area contributed by atoms with Gasteiger partial charge in [-0.1, -0.05) is 0 Å². The second kappa shape index (κ2) is 5.16. The van der Waals surface area contributed by atoms with E-state index in [0.29, 0.717) is 12.5 Å². The fourth-order valence-corrected chi connectivity index (χ4v) is 2.91. The number of rotatable bonds is 4. The van der Waals surface area contributed by atoms with Crippen LogP contribution in [-0.4, -0.2) is 43.1 Å². The topological polar surface area (TPSA) is 70.2 Å². The Hall–Kier alpha value is -1.85. The molecule has 0 bridgehead atoms. The number of hydrogen-bond donors (Lipinski definition) is 2. The highest BCUT2D eigenvalue weighted by Crippen LogP contribution is 2.40. The summed E-state index contributed by atoms with van der Waals surface area (Å²) in [4.78, 5) is 23.5. The first-order chi connectivity index (χ1) is 10.1. The minimum absolute atomic E-state index is 0.107. The Morgan fingerprint density at radius 3 is 2.76 bits per heavy atom. The lowest BCUT2D eigenvalue weighted by molar-refractivity contribution is -0.128. The number of aromatic nitrogens is 2. The zero-order chi connectivity index (χ0) is 15.0. The Morgan fingerprint density at radius 1 is 1.38 bits per heavy atom. The molecule has 3 rings (SSSR count). The molecule has 1 aromatic heterocycles. The van der Waals surface area contributed by atoms with Crippen molar-refractivity contribution >= 4 is 17.5 Å². The highest BCUT2D eigenvalue weighted by Gasteiger charge is 2.40. The molecule has 1 amide bonds. The molecule has 6 heteroatoms. The number of nitrogens with zero attached hydrogens (tertiary/aromatic N) is 3. The van der Waals surface area contributed by atoms with Crippen LogP contribution in [0.3, 0.4) is 0 Å². The molecule has 0 aromatic carbocycles. The van der Waals surface area contributed by atoms with Gasteiger partial charge in [0, 0.05) is 39.2 Å². The number of carbonyl (C=O) groups is 1. The average molecular weight is 289 g/mol. The van der Waals surface area contributed by atoms with Crippen molar-refractivity contribution in [1.29, 1.82) is 0 Å². The number of anilines is 2. The van der Waals surface area contributed by atoms with Crippen LogP contribution in [-0.2, 0) is 4.79 Å². The van der Waals surface area contributed by atoms with Gasteiger partial charge >= 0.3 is 0 Å². The van der Waals surface area contributed by atoms with Crippen molar-refractivity contribution in [1.82, 2.24) is 15.3 Å². The highest BCUT2D eigenvalue weighted by atomic mass is 16.2. The van der Waals surface area contributed by atoms with E-state index in [1.165, 1.54) is 12.8 Å². The van der Waals surface area contributed by atoms with Gasteiger partial charge in [0.1, 0.15) is 17.5 Å². The SMILES string of the molecule is CNC(=O)C1(C)CCN(c2cc(NC)nc(C3CC3)n2)C1. The van der Waals surface area contributed by atoms with E-state index >= 15 is 0 Å². The lowest BCUT2D eigenvalue weighted by atomic mass is 9.89. The zero-order valence-electron chi connectivity index (χ0n) is 12.9. The first-order valence-electron chi connectivity index (χ1n) is 7.59. The molecule has 114 valence electrons. The van der Waals surface area contributed by atoms with E-state index < -0.39 is 0 Å². The van der Waals surface area contributed by atoms with E-state index in [2.05, 4.69) is 20.5 Å². The largest absolute Gasteiger partial charge is 0.373 e.